The third-order valence-corrected chi connectivity index (χ3v) is 9.60. The predicted octanol–water partition coefficient (Wildman–Crippen LogP) is 5.42. The summed E-state index contributed by atoms with van der Waals surface area (Å²) in [4.78, 5) is 13.0. The first kappa shape index (κ1) is 27.1. The van der Waals surface area contributed by atoms with Crippen molar-refractivity contribution in [2.45, 2.75) is 48.8 Å². The van der Waals surface area contributed by atoms with Crippen LogP contribution in [0, 0.1) is 5.82 Å². The lowest BCUT2D eigenvalue weighted by atomic mass is 9.71. The second-order valence-corrected chi connectivity index (χ2v) is 11.6. The van der Waals surface area contributed by atoms with Crippen molar-refractivity contribution in [2.75, 3.05) is 17.5 Å². The Kier molecular flexibility index (Phi) is 6.92. The van der Waals surface area contributed by atoms with Crippen LogP contribution in [-0.4, -0.2) is 33.6 Å². The van der Waals surface area contributed by atoms with E-state index in [1.165, 1.54) is 40.7 Å². The summed E-state index contributed by atoms with van der Waals surface area (Å²) in [6, 6.07) is 13.7. The van der Waals surface area contributed by atoms with E-state index in [9.17, 15) is 30.8 Å². The lowest BCUT2D eigenvalue weighted by molar-refractivity contribution is -0.138. The lowest BCUT2D eigenvalue weighted by Gasteiger charge is -2.39. The normalized spacial score (nSPS) is 18.7. The molecule has 1 fully saturated rings. The summed E-state index contributed by atoms with van der Waals surface area (Å²) in [5.41, 5.74) is -0.251. The predicted molar refractivity (Wildman–Crippen MR) is 136 cm³/mol. The van der Waals surface area contributed by atoms with Crippen molar-refractivity contribution >= 4 is 21.6 Å². The van der Waals surface area contributed by atoms with Gasteiger partial charge in [0.2, 0.25) is 0 Å². The Morgan fingerprint density at radius 3 is 2.38 bits per heavy atom. The number of hydrogen-bond donors (Lipinski definition) is 1. The van der Waals surface area contributed by atoms with Crippen molar-refractivity contribution in [3.8, 4) is 0 Å². The van der Waals surface area contributed by atoms with Crippen LogP contribution in [0.4, 0.5) is 23.2 Å². The van der Waals surface area contributed by atoms with Gasteiger partial charge in [-0.2, -0.15) is 13.2 Å². The molecule has 39 heavy (non-hydrogen) atoms. The Morgan fingerprint density at radius 1 is 1.05 bits per heavy atom. The van der Waals surface area contributed by atoms with Gasteiger partial charge in [0.15, 0.2) is 0 Å². The van der Waals surface area contributed by atoms with Crippen LogP contribution in [-0.2, 0) is 32.9 Å². The second-order valence-electron chi connectivity index (χ2n) is 9.77. The van der Waals surface area contributed by atoms with Gasteiger partial charge in [-0.15, -0.1) is 0 Å². The number of alkyl halides is 3. The summed E-state index contributed by atoms with van der Waals surface area (Å²) in [6.45, 7) is 2.28. The number of halogens is 4. The molecular weight excluding hydrogens is 536 g/mol. The molecule has 1 atom stereocenters. The second kappa shape index (κ2) is 9.95. The van der Waals surface area contributed by atoms with E-state index in [4.69, 9.17) is 4.74 Å². The molecule has 5 rings (SSSR count). The molecule has 0 bridgehead atoms. The summed E-state index contributed by atoms with van der Waals surface area (Å²) >= 11 is 0. The molecular formula is C28H26F4N2O4S. The molecule has 3 aromatic carbocycles. The Morgan fingerprint density at radius 2 is 1.72 bits per heavy atom. The first-order valence-corrected chi connectivity index (χ1v) is 13.8. The van der Waals surface area contributed by atoms with Gasteiger partial charge < -0.3 is 10.1 Å². The molecule has 1 N–H and O–H groups in total. The number of hydrogen-bond acceptors (Lipinski definition) is 4. The van der Waals surface area contributed by atoms with E-state index in [-0.39, 0.29) is 22.6 Å². The minimum absolute atomic E-state index is 0.0593. The maximum absolute atomic E-state index is 13.7. The van der Waals surface area contributed by atoms with Gasteiger partial charge in [0.1, 0.15) is 5.82 Å². The molecule has 0 saturated carbocycles. The third-order valence-electron chi connectivity index (χ3n) is 7.70. The molecule has 3 aromatic rings. The summed E-state index contributed by atoms with van der Waals surface area (Å²) in [6.07, 6.45) is -3.53. The van der Waals surface area contributed by atoms with Crippen molar-refractivity contribution in [1.82, 2.24) is 5.32 Å². The molecule has 0 aliphatic carbocycles. The molecule has 0 aromatic heterocycles. The number of carbonyl (C=O) groups is 1. The molecule has 1 spiro atoms. The largest absolute Gasteiger partial charge is 0.416 e. The van der Waals surface area contributed by atoms with E-state index in [0.29, 0.717) is 37.3 Å². The van der Waals surface area contributed by atoms with Gasteiger partial charge in [-0.3, -0.25) is 9.10 Å². The monoisotopic (exact) mass is 562 g/mol. The Bertz CT molecular complexity index is 1500. The van der Waals surface area contributed by atoms with Crippen molar-refractivity contribution in [3.63, 3.8) is 0 Å². The first-order chi connectivity index (χ1) is 18.4. The van der Waals surface area contributed by atoms with E-state index >= 15 is 0 Å². The lowest BCUT2D eigenvalue weighted by Crippen LogP contribution is -2.48. The summed E-state index contributed by atoms with van der Waals surface area (Å²) in [5.74, 6) is -1.14. The number of nitrogens with one attached hydrogen (secondary N) is 1. The zero-order chi connectivity index (χ0) is 28.0. The molecule has 206 valence electrons. The SMILES string of the molecule is CC1N(S(=O)(=O)c2ccc(F)cc2)c2ccc(C(=O)NCc3ccccc3C(F)(F)F)cc2C12CCOCC2. The molecule has 2 aliphatic rings. The van der Waals surface area contributed by atoms with E-state index in [0.717, 1.165) is 18.2 Å². The van der Waals surface area contributed by atoms with E-state index in [2.05, 4.69) is 5.32 Å². The standard InChI is InChI=1S/C28H26F4N2O4S/c1-18-27(12-14-38-15-13-27)24-16-19(26(35)33-17-20-4-2-3-5-23(20)28(30,31)32)6-11-25(24)34(18)39(36,37)22-9-7-21(29)8-10-22/h2-11,16,18H,12-15,17H2,1H3,(H,33,35). The van der Waals surface area contributed by atoms with Crippen LogP contribution < -0.4 is 9.62 Å². The van der Waals surface area contributed by atoms with Gasteiger partial charge in [0, 0.05) is 30.7 Å². The van der Waals surface area contributed by atoms with Crippen molar-refractivity contribution in [3.05, 3.63) is 94.8 Å². The smallest absolute Gasteiger partial charge is 0.381 e. The van der Waals surface area contributed by atoms with Crippen molar-refractivity contribution in [2.24, 2.45) is 0 Å². The van der Waals surface area contributed by atoms with Crippen LogP contribution in [0.15, 0.2) is 71.6 Å². The maximum Gasteiger partial charge on any atom is 0.416 e. The van der Waals surface area contributed by atoms with Gasteiger partial charge in [-0.05, 0) is 79.4 Å². The zero-order valence-corrected chi connectivity index (χ0v) is 21.8. The van der Waals surface area contributed by atoms with Crippen molar-refractivity contribution in [1.29, 1.82) is 0 Å². The van der Waals surface area contributed by atoms with Crippen LogP contribution >= 0.6 is 0 Å². The van der Waals surface area contributed by atoms with E-state index in [1.807, 2.05) is 0 Å². The summed E-state index contributed by atoms with van der Waals surface area (Å²) in [5, 5.41) is 2.56. The zero-order valence-electron chi connectivity index (χ0n) is 21.0. The Balaban J connectivity index is 1.50. The Hall–Kier alpha value is -3.44. The van der Waals surface area contributed by atoms with Crippen LogP contribution in [0.2, 0.25) is 0 Å². The molecule has 2 heterocycles. The van der Waals surface area contributed by atoms with Gasteiger partial charge >= 0.3 is 6.18 Å². The fourth-order valence-electron chi connectivity index (χ4n) is 5.64. The molecule has 11 heteroatoms. The number of anilines is 1. The van der Waals surface area contributed by atoms with Gasteiger partial charge in [0.05, 0.1) is 22.2 Å². The number of sulfonamides is 1. The number of amides is 1. The minimum Gasteiger partial charge on any atom is -0.381 e. The number of fused-ring (bicyclic) bond motifs is 2. The van der Waals surface area contributed by atoms with E-state index < -0.39 is 44.9 Å². The minimum atomic E-state index is -4.56. The highest BCUT2D eigenvalue weighted by Gasteiger charge is 2.53. The van der Waals surface area contributed by atoms with Crippen molar-refractivity contribution < 1.29 is 35.5 Å². The van der Waals surface area contributed by atoms with Gasteiger partial charge in [0.25, 0.3) is 15.9 Å². The number of nitrogens with zero attached hydrogens (tertiary/aromatic N) is 1. The quantitative estimate of drug-likeness (QED) is 0.422. The van der Waals surface area contributed by atoms with Crippen LogP contribution in [0.5, 0.6) is 0 Å². The third kappa shape index (κ3) is 4.78. The fourth-order valence-corrected chi connectivity index (χ4v) is 7.38. The highest BCUT2D eigenvalue weighted by atomic mass is 32.2. The summed E-state index contributed by atoms with van der Waals surface area (Å²) < 4.78 is 88.0. The van der Waals surface area contributed by atoms with Gasteiger partial charge in [-0.1, -0.05) is 18.2 Å². The average Bonchev–Trinajstić information content (AvgIpc) is 3.14. The average molecular weight is 563 g/mol. The van der Waals surface area contributed by atoms with E-state index in [1.54, 1.807) is 19.1 Å². The molecule has 1 unspecified atom stereocenters. The molecule has 0 radical (unpaired) electrons. The fraction of sp³-hybridized carbons (Fsp3) is 0.321. The highest BCUT2D eigenvalue weighted by Crippen LogP contribution is 2.52. The maximum atomic E-state index is 13.7. The molecule has 1 amide bonds. The van der Waals surface area contributed by atoms with Crippen LogP contribution in [0.1, 0.15) is 46.8 Å². The number of benzene rings is 3. The first-order valence-electron chi connectivity index (χ1n) is 12.4. The number of ether oxygens (including phenoxy) is 1. The van der Waals surface area contributed by atoms with Gasteiger partial charge in [-0.25, -0.2) is 12.8 Å². The Labute approximate surface area is 223 Å². The van der Waals surface area contributed by atoms with Crippen LogP contribution in [0.3, 0.4) is 0 Å². The summed E-state index contributed by atoms with van der Waals surface area (Å²) in [7, 11) is -4.07. The van der Waals surface area contributed by atoms with Crippen LogP contribution in [0.25, 0.3) is 0 Å². The molecule has 2 aliphatic heterocycles. The number of rotatable bonds is 5. The topological polar surface area (TPSA) is 75.7 Å². The molecule has 1 saturated heterocycles. The number of carbonyl (C=O) groups excluding carboxylic acids is 1. The molecule has 6 nitrogen and oxygen atoms in total. The highest BCUT2D eigenvalue weighted by molar-refractivity contribution is 7.92.